The topological polar surface area (TPSA) is 63.5 Å². The Labute approximate surface area is 124 Å². The number of aliphatic hydroxyl groups is 1. The molecule has 2 aromatic rings. The number of benzene rings is 1. The fraction of sp³-hybridized carbons (Fsp3) is 0.312. The highest BCUT2D eigenvalue weighted by Gasteiger charge is 2.17. The number of hydrogen-bond donors (Lipinski definition) is 2. The number of aromatic nitrogens is 1. The largest absolute Gasteiger partial charge is 0.394 e. The summed E-state index contributed by atoms with van der Waals surface area (Å²) in [5.41, 5.74) is 1.43. The highest BCUT2D eigenvalue weighted by molar-refractivity contribution is 5.93. The molecule has 1 aromatic carbocycles. The number of hydrogen-bond acceptors (Lipinski definition) is 3. The zero-order chi connectivity index (χ0) is 15.1. The van der Waals surface area contributed by atoms with Crippen molar-refractivity contribution in [2.75, 3.05) is 20.3 Å². The number of aliphatic hydroxyl groups excluding tert-OH is 1. The predicted molar refractivity (Wildman–Crippen MR) is 80.0 cm³/mol. The second-order valence-electron chi connectivity index (χ2n) is 4.70. The first-order valence-corrected chi connectivity index (χ1v) is 6.87. The van der Waals surface area contributed by atoms with Gasteiger partial charge in [-0.3, -0.25) is 4.79 Å². The van der Waals surface area contributed by atoms with E-state index in [1.165, 1.54) is 0 Å². The summed E-state index contributed by atoms with van der Waals surface area (Å²) >= 11 is 0. The van der Waals surface area contributed by atoms with Gasteiger partial charge in [0.1, 0.15) is 5.69 Å². The van der Waals surface area contributed by atoms with Crippen LogP contribution in [0.1, 0.15) is 22.1 Å². The van der Waals surface area contributed by atoms with Gasteiger partial charge in [-0.1, -0.05) is 30.3 Å². The lowest BCUT2D eigenvalue weighted by Crippen LogP contribution is -2.32. The summed E-state index contributed by atoms with van der Waals surface area (Å²) in [7, 11) is 1.63. The Hall–Kier alpha value is -2.11. The normalized spacial score (nSPS) is 12.1. The average Bonchev–Trinajstić information content (AvgIpc) is 2.99. The van der Waals surface area contributed by atoms with Crippen LogP contribution in [-0.4, -0.2) is 35.9 Å². The van der Waals surface area contributed by atoms with E-state index in [0.717, 1.165) is 5.56 Å². The van der Waals surface area contributed by atoms with Gasteiger partial charge in [0.05, 0.1) is 19.3 Å². The Kier molecular flexibility index (Phi) is 5.54. The molecular formula is C16H20N2O3. The Balaban J connectivity index is 2.08. The molecule has 5 heteroatoms. The predicted octanol–water partition coefficient (Wildman–Crippen LogP) is 1.60. The standard InChI is InChI=1S/C16H20N2O3/c1-21-11-10-18-9-5-8-15(18)16(20)17-14(12-19)13-6-3-2-4-7-13/h2-9,14,19H,10-12H2,1H3,(H,17,20). The van der Waals surface area contributed by atoms with Gasteiger partial charge in [0.15, 0.2) is 0 Å². The van der Waals surface area contributed by atoms with Gasteiger partial charge >= 0.3 is 0 Å². The van der Waals surface area contributed by atoms with Gasteiger partial charge in [0.2, 0.25) is 0 Å². The number of rotatable bonds is 7. The molecule has 0 aliphatic heterocycles. The Morgan fingerprint density at radius 1 is 1.29 bits per heavy atom. The van der Waals surface area contributed by atoms with Crippen LogP contribution in [-0.2, 0) is 11.3 Å². The average molecular weight is 288 g/mol. The van der Waals surface area contributed by atoms with E-state index in [0.29, 0.717) is 18.8 Å². The van der Waals surface area contributed by atoms with E-state index in [9.17, 15) is 9.90 Å². The molecule has 1 aromatic heterocycles. The molecule has 1 unspecified atom stereocenters. The van der Waals surface area contributed by atoms with Gasteiger partial charge in [0.25, 0.3) is 5.91 Å². The molecule has 2 N–H and O–H groups in total. The lowest BCUT2D eigenvalue weighted by atomic mass is 10.1. The smallest absolute Gasteiger partial charge is 0.268 e. The lowest BCUT2D eigenvalue weighted by molar-refractivity contribution is 0.0904. The Morgan fingerprint density at radius 3 is 2.71 bits per heavy atom. The van der Waals surface area contributed by atoms with Crippen molar-refractivity contribution in [1.82, 2.24) is 9.88 Å². The van der Waals surface area contributed by atoms with E-state index in [4.69, 9.17) is 4.74 Å². The minimum absolute atomic E-state index is 0.144. The molecule has 0 fully saturated rings. The molecule has 1 atom stereocenters. The molecule has 112 valence electrons. The summed E-state index contributed by atoms with van der Waals surface area (Å²) in [6.07, 6.45) is 1.84. The van der Waals surface area contributed by atoms with Gasteiger partial charge in [-0.2, -0.15) is 0 Å². The van der Waals surface area contributed by atoms with Crippen molar-refractivity contribution in [1.29, 1.82) is 0 Å². The molecule has 2 rings (SSSR count). The number of nitrogens with one attached hydrogen (secondary N) is 1. The summed E-state index contributed by atoms with van der Waals surface area (Å²) in [5, 5.41) is 12.3. The van der Waals surface area contributed by atoms with Crippen molar-refractivity contribution >= 4 is 5.91 Å². The number of carbonyl (C=O) groups is 1. The van der Waals surface area contributed by atoms with Crippen molar-refractivity contribution in [2.24, 2.45) is 0 Å². The van der Waals surface area contributed by atoms with Crippen molar-refractivity contribution in [2.45, 2.75) is 12.6 Å². The van der Waals surface area contributed by atoms with Crippen LogP contribution in [0.2, 0.25) is 0 Å². The second kappa shape index (κ2) is 7.61. The molecule has 0 saturated carbocycles. The van der Waals surface area contributed by atoms with E-state index >= 15 is 0 Å². The monoisotopic (exact) mass is 288 g/mol. The molecule has 1 amide bonds. The summed E-state index contributed by atoms with van der Waals surface area (Å²) in [4.78, 5) is 12.3. The minimum atomic E-state index is -0.413. The highest BCUT2D eigenvalue weighted by atomic mass is 16.5. The molecule has 0 aliphatic rings. The first kappa shape index (κ1) is 15.3. The summed E-state index contributed by atoms with van der Waals surface area (Å²) < 4.78 is 6.86. The van der Waals surface area contributed by atoms with E-state index in [1.54, 1.807) is 13.2 Å². The third-order valence-corrected chi connectivity index (χ3v) is 3.29. The van der Waals surface area contributed by atoms with Crippen LogP contribution < -0.4 is 5.32 Å². The molecule has 0 spiro atoms. The second-order valence-corrected chi connectivity index (χ2v) is 4.70. The van der Waals surface area contributed by atoms with Gasteiger partial charge in [-0.15, -0.1) is 0 Å². The van der Waals surface area contributed by atoms with E-state index in [2.05, 4.69) is 5.32 Å². The van der Waals surface area contributed by atoms with Crippen molar-refractivity contribution in [3.05, 3.63) is 59.9 Å². The molecule has 1 heterocycles. The maximum Gasteiger partial charge on any atom is 0.268 e. The molecule has 0 saturated heterocycles. The van der Waals surface area contributed by atoms with Gasteiger partial charge in [-0.25, -0.2) is 0 Å². The zero-order valence-corrected chi connectivity index (χ0v) is 12.0. The van der Waals surface area contributed by atoms with E-state index < -0.39 is 6.04 Å². The Morgan fingerprint density at radius 2 is 2.05 bits per heavy atom. The molecule has 0 bridgehead atoms. The van der Waals surface area contributed by atoms with Crippen LogP contribution in [0.5, 0.6) is 0 Å². The molecule has 5 nitrogen and oxygen atoms in total. The van der Waals surface area contributed by atoms with Gasteiger partial charge < -0.3 is 19.7 Å². The third kappa shape index (κ3) is 3.93. The van der Waals surface area contributed by atoms with E-state index in [1.807, 2.05) is 47.2 Å². The quantitative estimate of drug-likeness (QED) is 0.813. The van der Waals surface area contributed by atoms with Crippen LogP contribution >= 0.6 is 0 Å². The first-order valence-electron chi connectivity index (χ1n) is 6.87. The number of carbonyl (C=O) groups excluding carboxylic acids is 1. The van der Waals surface area contributed by atoms with Crippen LogP contribution in [0.15, 0.2) is 48.7 Å². The molecular weight excluding hydrogens is 268 g/mol. The van der Waals surface area contributed by atoms with Crippen LogP contribution in [0.25, 0.3) is 0 Å². The summed E-state index contributed by atoms with van der Waals surface area (Å²) in [6, 6.07) is 12.6. The maximum atomic E-state index is 12.3. The molecule has 0 aliphatic carbocycles. The lowest BCUT2D eigenvalue weighted by Gasteiger charge is -2.17. The van der Waals surface area contributed by atoms with Gasteiger partial charge in [-0.05, 0) is 17.7 Å². The zero-order valence-electron chi connectivity index (χ0n) is 12.0. The van der Waals surface area contributed by atoms with E-state index in [-0.39, 0.29) is 12.5 Å². The first-order chi connectivity index (χ1) is 10.3. The SMILES string of the molecule is COCCn1cccc1C(=O)NC(CO)c1ccccc1. The van der Waals surface area contributed by atoms with Gasteiger partial charge in [0, 0.05) is 19.9 Å². The summed E-state index contributed by atoms with van der Waals surface area (Å²) in [6.45, 7) is 1.01. The van der Waals surface area contributed by atoms with Crippen molar-refractivity contribution < 1.29 is 14.6 Å². The molecule has 0 radical (unpaired) electrons. The van der Waals surface area contributed by atoms with Crippen molar-refractivity contribution in [3.8, 4) is 0 Å². The van der Waals surface area contributed by atoms with Crippen LogP contribution in [0, 0.1) is 0 Å². The van der Waals surface area contributed by atoms with Crippen molar-refractivity contribution in [3.63, 3.8) is 0 Å². The third-order valence-electron chi connectivity index (χ3n) is 3.29. The fourth-order valence-electron chi connectivity index (χ4n) is 2.16. The maximum absolute atomic E-state index is 12.3. The fourth-order valence-corrected chi connectivity index (χ4v) is 2.16. The number of ether oxygens (including phenoxy) is 1. The van der Waals surface area contributed by atoms with Crippen LogP contribution in [0.4, 0.5) is 0 Å². The van der Waals surface area contributed by atoms with Crippen LogP contribution in [0.3, 0.4) is 0 Å². The minimum Gasteiger partial charge on any atom is -0.394 e. The number of methoxy groups -OCH3 is 1. The number of nitrogens with zero attached hydrogens (tertiary/aromatic N) is 1. The molecule has 21 heavy (non-hydrogen) atoms. The Bertz CT molecular complexity index is 566. The summed E-state index contributed by atoms with van der Waals surface area (Å²) in [5.74, 6) is -0.209. The number of amides is 1. The highest BCUT2D eigenvalue weighted by Crippen LogP contribution is 2.13.